The van der Waals surface area contributed by atoms with Crippen molar-refractivity contribution in [1.82, 2.24) is 5.32 Å². The van der Waals surface area contributed by atoms with Crippen molar-refractivity contribution in [1.29, 1.82) is 0 Å². The molecule has 2 unspecified atom stereocenters. The molecule has 0 spiro atoms. The molecule has 1 aromatic carbocycles. The van der Waals surface area contributed by atoms with Gasteiger partial charge in [-0.2, -0.15) is 0 Å². The number of aromatic carboxylic acids is 1. The maximum Gasteiger partial charge on any atom is 0.335 e. The zero-order chi connectivity index (χ0) is 19.8. The summed E-state index contributed by atoms with van der Waals surface area (Å²) in [6.45, 7) is 2.36. The molecule has 7 nitrogen and oxygen atoms in total. The van der Waals surface area contributed by atoms with Crippen LogP contribution in [0.2, 0.25) is 0 Å². The van der Waals surface area contributed by atoms with E-state index in [2.05, 4.69) is 12.2 Å². The molecule has 2 N–H and O–H groups in total. The minimum atomic E-state index is -1.04. The molecule has 2 amide bonds. The number of nitrogens with zero attached hydrogens (tertiary/aromatic N) is 2. The van der Waals surface area contributed by atoms with Crippen LogP contribution in [-0.2, 0) is 9.59 Å². The lowest BCUT2D eigenvalue weighted by Crippen LogP contribution is -2.52. The van der Waals surface area contributed by atoms with Crippen molar-refractivity contribution in [2.75, 3.05) is 22.9 Å². The number of carboxylic acid groups (broad SMARTS) is 1. The smallest absolute Gasteiger partial charge is 0.335 e. The van der Waals surface area contributed by atoms with Crippen LogP contribution >= 0.6 is 0 Å². The summed E-state index contributed by atoms with van der Waals surface area (Å²) >= 11 is 0. The first kappa shape index (κ1) is 18.9. The topological polar surface area (TPSA) is 90.0 Å². The van der Waals surface area contributed by atoms with Gasteiger partial charge in [0.15, 0.2) is 0 Å². The average molecular weight is 385 g/mol. The monoisotopic (exact) mass is 385 g/mol. The molecule has 1 aromatic rings. The average Bonchev–Trinajstić information content (AvgIpc) is 3.50. The Bertz CT molecular complexity index is 805. The van der Waals surface area contributed by atoms with Crippen LogP contribution in [0.25, 0.3) is 0 Å². The van der Waals surface area contributed by atoms with Crippen molar-refractivity contribution in [2.24, 2.45) is 5.92 Å². The van der Waals surface area contributed by atoms with E-state index in [1.807, 2.05) is 0 Å². The fraction of sp³-hybridized carbons (Fsp3) is 0.571. The van der Waals surface area contributed by atoms with Gasteiger partial charge in [0, 0.05) is 12.1 Å². The van der Waals surface area contributed by atoms with Crippen molar-refractivity contribution >= 4 is 29.2 Å². The molecule has 2 fully saturated rings. The van der Waals surface area contributed by atoms with Gasteiger partial charge in [0.2, 0.25) is 11.8 Å². The van der Waals surface area contributed by atoms with Crippen molar-refractivity contribution in [3.8, 4) is 0 Å². The maximum absolute atomic E-state index is 12.9. The van der Waals surface area contributed by atoms with E-state index in [1.54, 1.807) is 11.0 Å². The highest BCUT2D eigenvalue weighted by atomic mass is 16.4. The molecule has 1 heterocycles. The molecule has 0 saturated heterocycles. The standard InChI is InChI=1S/C21H27N3O4/c1-13-3-2-4-15(9-13)22-11-19(25)23-12-20(26)24(16-6-7-16)17-8-5-14(21(27)28)10-18(17)23/h5,8,10,13,15-16,22H,2-4,6-7,9,11-12H2,1H3,(H,27,28). The first-order chi connectivity index (χ1) is 13.4. The number of carbonyl (C=O) groups is 3. The molecular weight excluding hydrogens is 358 g/mol. The summed E-state index contributed by atoms with van der Waals surface area (Å²) < 4.78 is 0. The minimum Gasteiger partial charge on any atom is -0.478 e. The molecule has 0 bridgehead atoms. The third-order valence-electron chi connectivity index (χ3n) is 6.03. The molecule has 28 heavy (non-hydrogen) atoms. The lowest BCUT2D eigenvalue weighted by molar-refractivity contribution is -0.122. The summed E-state index contributed by atoms with van der Waals surface area (Å²) in [5.74, 6) is -0.674. The molecular formula is C21H27N3O4. The Morgan fingerprint density at radius 3 is 2.64 bits per heavy atom. The highest BCUT2D eigenvalue weighted by Gasteiger charge is 2.40. The summed E-state index contributed by atoms with van der Waals surface area (Å²) in [7, 11) is 0. The quantitative estimate of drug-likeness (QED) is 0.812. The van der Waals surface area contributed by atoms with E-state index in [4.69, 9.17) is 0 Å². The Morgan fingerprint density at radius 1 is 1.18 bits per heavy atom. The summed E-state index contributed by atoms with van der Waals surface area (Å²) in [6.07, 6.45) is 6.40. The van der Waals surface area contributed by atoms with Crippen molar-refractivity contribution in [3.05, 3.63) is 23.8 Å². The van der Waals surface area contributed by atoms with E-state index < -0.39 is 5.97 Å². The number of anilines is 2. The van der Waals surface area contributed by atoms with Gasteiger partial charge >= 0.3 is 5.97 Å². The molecule has 2 atom stereocenters. The van der Waals surface area contributed by atoms with Crippen LogP contribution in [0, 0.1) is 5.92 Å². The molecule has 7 heteroatoms. The van der Waals surface area contributed by atoms with E-state index in [0.717, 1.165) is 32.1 Å². The third-order valence-corrected chi connectivity index (χ3v) is 6.03. The van der Waals surface area contributed by atoms with Gasteiger partial charge in [0.1, 0.15) is 6.54 Å². The first-order valence-electron chi connectivity index (χ1n) is 10.2. The summed E-state index contributed by atoms with van der Waals surface area (Å²) in [5, 5.41) is 12.7. The van der Waals surface area contributed by atoms with E-state index in [1.165, 1.54) is 23.5 Å². The van der Waals surface area contributed by atoms with Crippen molar-refractivity contribution in [3.63, 3.8) is 0 Å². The molecule has 3 aliphatic rings. The van der Waals surface area contributed by atoms with Gasteiger partial charge in [-0.15, -0.1) is 0 Å². The van der Waals surface area contributed by atoms with E-state index >= 15 is 0 Å². The number of nitrogens with one attached hydrogen (secondary N) is 1. The number of carbonyl (C=O) groups excluding carboxylic acids is 2. The molecule has 1 aliphatic heterocycles. The largest absolute Gasteiger partial charge is 0.478 e. The van der Waals surface area contributed by atoms with E-state index in [9.17, 15) is 19.5 Å². The zero-order valence-corrected chi connectivity index (χ0v) is 16.2. The Morgan fingerprint density at radius 2 is 1.96 bits per heavy atom. The van der Waals surface area contributed by atoms with Gasteiger partial charge in [-0.25, -0.2) is 4.79 Å². The SMILES string of the molecule is CC1CCCC(NCC(=O)N2CC(=O)N(C3CC3)c3ccc(C(=O)O)cc32)C1. The molecule has 150 valence electrons. The number of fused-ring (bicyclic) bond motifs is 1. The Kier molecular flexibility index (Phi) is 5.10. The van der Waals surface area contributed by atoms with Gasteiger partial charge in [0.05, 0.1) is 23.5 Å². The van der Waals surface area contributed by atoms with Crippen LogP contribution in [0.3, 0.4) is 0 Å². The Balaban J connectivity index is 1.55. The predicted molar refractivity (Wildman–Crippen MR) is 106 cm³/mol. The summed E-state index contributed by atoms with van der Waals surface area (Å²) in [6, 6.07) is 5.16. The number of rotatable bonds is 5. The van der Waals surface area contributed by atoms with E-state index in [0.29, 0.717) is 23.3 Å². The van der Waals surface area contributed by atoms with Gasteiger partial charge in [-0.1, -0.05) is 19.8 Å². The fourth-order valence-corrected chi connectivity index (χ4v) is 4.41. The highest BCUT2D eigenvalue weighted by Crippen LogP contribution is 2.41. The zero-order valence-electron chi connectivity index (χ0n) is 16.2. The maximum atomic E-state index is 12.9. The number of hydrogen-bond acceptors (Lipinski definition) is 4. The van der Waals surface area contributed by atoms with Crippen molar-refractivity contribution < 1.29 is 19.5 Å². The molecule has 4 rings (SSSR count). The lowest BCUT2D eigenvalue weighted by atomic mass is 9.87. The number of benzene rings is 1. The Hall–Kier alpha value is -2.41. The summed E-state index contributed by atoms with van der Waals surface area (Å²) in [5.41, 5.74) is 1.29. The second-order valence-corrected chi connectivity index (χ2v) is 8.33. The fourth-order valence-electron chi connectivity index (χ4n) is 4.41. The van der Waals surface area contributed by atoms with Gasteiger partial charge < -0.3 is 15.3 Å². The third kappa shape index (κ3) is 3.76. The highest BCUT2D eigenvalue weighted by molar-refractivity contribution is 6.12. The number of amides is 2. The van der Waals surface area contributed by atoms with Gasteiger partial charge in [-0.3, -0.25) is 14.5 Å². The molecule has 2 aliphatic carbocycles. The van der Waals surface area contributed by atoms with Gasteiger partial charge in [0.25, 0.3) is 0 Å². The van der Waals surface area contributed by atoms with E-state index in [-0.39, 0.29) is 36.5 Å². The van der Waals surface area contributed by atoms with Gasteiger partial charge in [-0.05, 0) is 49.8 Å². The molecule has 0 radical (unpaired) electrons. The second kappa shape index (κ2) is 7.54. The van der Waals surface area contributed by atoms with Crippen LogP contribution < -0.4 is 15.1 Å². The van der Waals surface area contributed by atoms with Crippen LogP contribution in [0.15, 0.2) is 18.2 Å². The number of hydrogen-bond donors (Lipinski definition) is 2. The molecule has 0 aromatic heterocycles. The van der Waals surface area contributed by atoms with Crippen molar-refractivity contribution in [2.45, 2.75) is 57.5 Å². The molecule has 2 saturated carbocycles. The van der Waals surface area contributed by atoms with Crippen LogP contribution in [0.1, 0.15) is 55.8 Å². The van der Waals surface area contributed by atoms with Crippen LogP contribution in [0.5, 0.6) is 0 Å². The number of carboxylic acids is 1. The first-order valence-corrected chi connectivity index (χ1v) is 10.2. The predicted octanol–water partition coefficient (Wildman–Crippen LogP) is 2.40. The Labute approximate surface area is 164 Å². The lowest BCUT2D eigenvalue weighted by Gasteiger charge is -2.37. The normalized spacial score (nSPS) is 24.8. The van der Waals surface area contributed by atoms with Crippen LogP contribution in [0.4, 0.5) is 11.4 Å². The summed E-state index contributed by atoms with van der Waals surface area (Å²) in [4.78, 5) is 40.3. The minimum absolute atomic E-state index is 0.0336. The second-order valence-electron chi connectivity index (χ2n) is 8.33. The van der Waals surface area contributed by atoms with Crippen LogP contribution in [-0.4, -0.2) is 48.1 Å².